The summed E-state index contributed by atoms with van der Waals surface area (Å²) in [6.45, 7) is 9.13. The second-order valence-electron chi connectivity index (χ2n) is 5.62. The molecular weight excluding hydrogens is 312 g/mol. The minimum absolute atomic E-state index is 0.0362. The first-order valence-electron chi connectivity index (χ1n) is 8.53. The molecule has 0 aliphatic rings. The largest absolute Gasteiger partial charge is 0.377 e. The molecule has 0 aromatic heterocycles. The summed E-state index contributed by atoms with van der Waals surface area (Å²) in [7, 11) is 6.62. The van der Waals surface area contributed by atoms with Crippen molar-refractivity contribution in [1.82, 2.24) is 0 Å². The Morgan fingerprint density at radius 2 is 0.958 bits per heavy atom. The molecule has 0 aromatic rings. The quantitative estimate of drug-likeness (QED) is 0.355. The molecule has 0 amide bonds. The molecule has 0 rings (SSSR count). The SMILES string of the molecule is CCOC(OC)C(C)C(C=CC(OC)C(C)C(OC)OCC)OC. The van der Waals surface area contributed by atoms with Gasteiger partial charge in [-0.2, -0.15) is 0 Å². The molecule has 6 nitrogen and oxygen atoms in total. The minimum atomic E-state index is -0.321. The third kappa shape index (κ3) is 7.59. The van der Waals surface area contributed by atoms with Gasteiger partial charge in [0.25, 0.3) is 0 Å². The molecule has 6 atom stereocenters. The van der Waals surface area contributed by atoms with Crippen LogP contribution in [0.4, 0.5) is 0 Å². The van der Waals surface area contributed by atoms with Crippen LogP contribution < -0.4 is 0 Å². The van der Waals surface area contributed by atoms with Crippen molar-refractivity contribution in [1.29, 1.82) is 0 Å². The first-order chi connectivity index (χ1) is 11.5. The summed E-state index contributed by atoms with van der Waals surface area (Å²) in [4.78, 5) is 0. The van der Waals surface area contributed by atoms with Crippen molar-refractivity contribution in [3.8, 4) is 0 Å². The highest BCUT2D eigenvalue weighted by molar-refractivity contribution is 4.99. The molecule has 144 valence electrons. The van der Waals surface area contributed by atoms with Crippen molar-refractivity contribution in [3.63, 3.8) is 0 Å². The van der Waals surface area contributed by atoms with Crippen molar-refractivity contribution >= 4 is 0 Å². The summed E-state index contributed by atoms with van der Waals surface area (Å²) < 4.78 is 33.2. The van der Waals surface area contributed by atoms with E-state index in [1.807, 2.05) is 39.8 Å². The van der Waals surface area contributed by atoms with Crippen molar-refractivity contribution in [2.75, 3.05) is 41.7 Å². The highest BCUT2D eigenvalue weighted by Crippen LogP contribution is 2.20. The first-order valence-corrected chi connectivity index (χ1v) is 8.53. The van der Waals surface area contributed by atoms with E-state index in [1.165, 1.54) is 0 Å². The first kappa shape index (κ1) is 23.5. The molecular formula is C18H36O6. The summed E-state index contributed by atoms with van der Waals surface area (Å²) >= 11 is 0. The van der Waals surface area contributed by atoms with Crippen LogP contribution in [0.3, 0.4) is 0 Å². The molecule has 6 heteroatoms. The van der Waals surface area contributed by atoms with Gasteiger partial charge in [0.1, 0.15) is 0 Å². The zero-order valence-electron chi connectivity index (χ0n) is 16.5. The zero-order valence-corrected chi connectivity index (χ0v) is 16.5. The lowest BCUT2D eigenvalue weighted by atomic mass is 9.99. The van der Waals surface area contributed by atoms with Gasteiger partial charge < -0.3 is 28.4 Å². The number of hydrogen-bond donors (Lipinski definition) is 0. The van der Waals surface area contributed by atoms with Crippen LogP contribution in [0.2, 0.25) is 0 Å². The van der Waals surface area contributed by atoms with Gasteiger partial charge in [0.15, 0.2) is 12.6 Å². The molecule has 0 radical (unpaired) electrons. The van der Waals surface area contributed by atoms with Gasteiger partial charge in [0, 0.05) is 53.5 Å². The second kappa shape index (κ2) is 13.8. The molecule has 0 aromatic carbocycles. The van der Waals surface area contributed by atoms with Crippen molar-refractivity contribution < 1.29 is 28.4 Å². The van der Waals surface area contributed by atoms with Crippen LogP contribution in [0.1, 0.15) is 27.7 Å². The molecule has 24 heavy (non-hydrogen) atoms. The molecule has 6 unspecified atom stereocenters. The summed E-state index contributed by atoms with van der Waals surface area (Å²) in [6.07, 6.45) is 3.02. The Kier molecular flexibility index (Phi) is 13.5. The fraction of sp³-hybridized carbons (Fsp3) is 0.889. The fourth-order valence-electron chi connectivity index (χ4n) is 2.66. The van der Waals surface area contributed by atoms with Crippen molar-refractivity contribution in [2.24, 2.45) is 11.8 Å². The van der Waals surface area contributed by atoms with Gasteiger partial charge >= 0.3 is 0 Å². The lowest BCUT2D eigenvalue weighted by molar-refractivity contribution is -0.169. The average molecular weight is 348 g/mol. The van der Waals surface area contributed by atoms with Gasteiger partial charge in [-0.25, -0.2) is 0 Å². The van der Waals surface area contributed by atoms with E-state index in [9.17, 15) is 0 Å². The van der Waals surface area contributed by atoms with Crippen molar-refractivity contribution in [3.05, 3.63) is 12.2 Å². The Morgan fingerprint density at radius 1 is 0.625 bits per heavy atom. The Bertz CT molecular complexity index is 293. The molecule has 0 saturated carbocycles. The van der Waals surface area contributed by atoms with Gasteiger partial charge in [-0.05, 0) is 13.8 Å². The summed E-state index contributed by atoms with van der Waals surface area (Å²) in [5.41, 5.74) is 0. The predicted octanol–water partition coefficient (Wildman–Crippen LogP) is 2.86. The third-order valence-corrected chi connectivity index (χ3v) is 4.06. The molecule has 0 aliphatic heterocycles. The molecule has 0 N–H and O–H groups in total. The average Bonchev–Trinajstić information content (AvgIpc) is 2.60. The summed E-state index contributed by atoms with van der Waals surface area (Å²) in [5, 5.41) is 0. The Morgan fingerprint density at radius 3 is 1.17 bits per heavy atom. The lowest BCUT2D eigenvalue weighted by Gasteiger charge is -2.29. The maximum atomic E-state index is 5.60. The monoisotopic (exact) mass is 348 g/mol. The highest BCUT2D eigenvalue weighted by atomic mass is 16.7. The normalized spacial score (nSPS) is 19.8. The van der Waals surface area contributed by atoms with E-state index < -0.39 is 0 Å². The number of ether oxygens (including phenoxy) is 6. The molecule has 0 spiro atoms. The van der Waals surface area contributed by atoms with E-state index in [4.69, 9.17) is 28.4 Å². The van der Waals surface area contributed by atoms with Crippen LogP contribution in [-0.2, 0) is 28.4 Å². The van der Waals surface area contributed by atoms with Gasteiger partial charge in [0.05, 0.1) is 12.2 Å². The van der Waals surface area contributed by atoms with Crippen molar-refractivity contribution in [2.45, 2.75) is 52.5 Å². The molecule has 0 saturated heterocycles. The number of rotatable bonds is 14. The van der Waals surface area contributed by atoms with Gasteiger partial charge in [-0.3, -0.25) is 0 Å². The maximum Gasteiger partial charge on any atom is 0.162 e. The van der Waals surface area contributed by atoms with E-state index in [1.54, 1.807) is 28.4 Å². The smallest absolute Gasteiger partial charge is 0.162 e. The Balaban J connectivity index is 4.98. The standard InChI is InChI=1S/C18H36O6/c1-9-23-17(21-7)13(3)15(19-5)11-12-16(20-6)14(4)18(22-8)24-10-2/h11-18H,9-10H2,1-8H3. The number of methoxy groups -OCH3 is 4. The molecule has 0 bridgehead atoms. The summed E-state index contributed by atoms with van der Waals surface area (Å²) in [5.74, 6) is 0.0725. The van der Waals surface area contributed by atoms with Crippen LogP contribution in [0.25, 0.3) is 0 Å². The van der Waals surface area contributed by atoms with Gasteiger partial charge in [-0.1, -0.05) is 26.0 Å². The van der Waals surface area contributed by atoms with E-state index >= 15 is 0 Å². The topological polar surface area (TPSA) is 55.4 Å². The lowest BCUT2D eigenvalue weighted by Crippen LogP contribution is -2.35. The molecule has 0 fully saturated rings. The predicted molar refractivity (Wildman–Crippen MR) is 93.9 cm³/mol. The van der Waals surface area contributed by atoms with Gasteiger partial charge in [0.2, 0.25) is 0 Å². The number of hydrogen-bond acceptors (Lipinski definition) is 6. The van der Waals surface area contributed by atoms with E-state index in [0.717, 1.165) is 0 Å². The van der Waals surface area contributed by atoms with Crippen LogP contribution in [0, 0.1) is 11.8 Å². The van der Waals surface area contributed by atoms with E-state index in [-0.39, 0.29) is 36.6 Å². The van der Waals surface area contributed by atoms with Crippen LogP contribution in [0.15, 0.2) is 12.2 Å². The van der Waals surface area contributed by atoms with E-state index in [2.05, 4.69) is 0 Å². The van der Waals surface area contributed by atoms with Crippen LogP contribution >= 0.6 is 0 Å². The highest BCUT2D eigenvalue weighted by Gasteiger charge is 2.27. The summed E-state index contributed by atoms with van der Waals surface area (Å²) in [6, 6.07) is 0. The van der Waals surface area contributed by atoms with Gasteiger partial charge in [-0.15, -0.1) is 0 Å². The maximum absolute atomic E-state index is 5.60. The Hall–Kier alpha value is -0.500. The van der Waals surface area contributed by atoms with Crippen LogP contribution in [0.5, 0.6) is 0 Å². The second-order valence-corrected chi connectivity index (χ2v) is 5.62. The molecule has 0 aliphatic carbocycles. The fourth-order valence-corrected chi connectivity index (χ4v) is 2.66. The molecule has 0 heterocycles. The van der Waals surface area contributed by atoms with E-state index in [0.29, 0.717) is 13.2 Å². The van der Waals surface area contributed by atoms with Crippen LogP contribution in [-0.4, -0.2) is 66.4 Å². The zero-order chi connectivity index (χ0) is 18.5. The third-order valence-electron chi connectivity index (χ3n) is 4.06. The Labute approximate surface area is 147 Å². The minimum Gasteiger partial charge on any atom is -0.377 e.